The van der Waals surface area contributed by atoms with Crippen LogP contribution < -0.4 is 0 Å². The third kappa shape index (κ3) is 3.43. The second-order valence-corrected chi connectivity index (χ2v) is 5.81. The number of aromatic nitrogens is 3. The van der Waals surface area contributed by atoms with Crippen LogP contribution in [0, 0.1) is 0 Å². The fourth-order valence-corrected chi connectivity index (χ4v) is 2.96. The lowest BCUT2D eigenvalue weighted by Crippen LogP contribution is -2.36. The third-order valence-corrected chi connectivity index (χ3v) is 4.23. The first-order valence-corrected chi connectivity index (χ1v) is 7.77. The van der Waals surface area contributed by atoms with Crippen molar-refractivity contribution in [1.29, 1.82) is 0 Å². The van der Waals surface area contributed by atoms with Crippen LogP contribution in [0.1, 0.15) is 18.5 Å². The predicted molar refractivity (Wildman–Crippen MR) is 78.7 cm³/mol. The van der Waals surface area contributed by atoms with Gasteiger partial charge in [0.15, 0.2) is 0 Å². The number of thiazole rings is 1. The van der Waals surface area contributed by atoms with E-state index in [1.165, 1.54) is 11.3 Å². The van der Waals surface area contributed by atoms with Gasteiger partial charge in [-0.15, -0.1) is 11.3 Å². The molecule has 21 heavy (non-hydrogen) atoms. The first-order chi connectivity index (χ1) is 10.3. The van der Waals surface area contributed by atoms with Crippen molar-refractivity contribution in [2.45, 2.75) is 25.3 Å². The molecule has 1 saturated carbocycles. The average Bonchev–Trinajstić information content (AvgIpc) is 3.24. The molecule has 2 aromatic rings. The molecule has 3 rings (SSSR count). The predicted octanol–water partition coefficient (Wildman–Crippen LogP) is 1.13. The van der Waals surface area contributed by atoms with Crippen molar-refractivity contribution in [3.8, 4) is 10.7 Å². The highest BCUT2D eigenvalue weighted by Crippen LogP contribution is 2.27. The molecule has 0 spiro atoms. The molecule has 7 heteroatoms. The first kappa shape index (κ1) is 14.1. The molecule has 0 saturated heterocycles. The first-order valence-electron chi connectivity index (χ1n) is 6.89. The third-order valence-electron chi connectivity index (χ3n) is 3.32. The molecule has 110 valence electrons. The lowest BCUT2D eigenvalue weighted by molar-refractivity contribution is -0.131. The van der Waals surface area contributed by atoms with Crippen LogP contribution in [0.15, 0.2) is 24.0 Å². The van der Waals surface area contributed by atoms with Crippen molar-refractivity contribution in [3.63, 3.8) is 0 Å². The molecule has 1 aliphatic carbocycles. The van der Waals surface area contributed by atoms with E-state index in [-0.39, 0.29) is 18.9 Å². The number of hydrogen-bond donors (Lipinski definition) is 1. The van der Waals surface area contributed by atoms with Crippen LogP contribution >= 0.6 is 11.3 Å². The summed E-state index contributed by atoms with van der Waals surface area (Å²) in [6, 6.07) is 0.308. The summed E-state index contributed by atoms with van der Waals surface area (Å²) in [5.74, 6) is 0.0301. The van der Waals surface area contributed by atoms with Crippen LogP contribution in [0.2, 0.25) is 0 Å². The van der Waals surface area contributed by atoms with E-state index in [1.54, 1.807) is 23.5 Å². The SMILES string of the molecule is O=C(Cc1csc(-c2cnccn2)n1)N(CCO)C1CC1. The summed E-state index contributed by atoms with van der Waals surface area (Å²) < 4.78 is 0. The molecular weight excluding hydrogens is 288 g/mol. The Bertz CT molecular complexity index is 612. The number of nitrogens with zero attached hydrogens (tertiary/aromatic N) is 4. The second-order valence-electron chi connectivity index (χ2n) is 4.95. The number of aliphatic hydroxyl groups is 1. The van der Waals surface area contributed by atoms with E-state index < -0.39 is 0 Å². The molecule has 1 fully saturated rings. The minimum Gasteiger partial charge on any atom is -0.395 e. The fraction of sp³-hybridized carbons (Fsp3) is 0.429. The van der Waals surface area contributed by atoms with Crippen molar-refractivity contribution < 1.29 is 9.90 Å². The summed E-state index contributed by atoms with van der Waals surface area (Å²) in [6.45, 7) is 0.412. The second kappa shape index (κ2) is 6.28. The Kier molecular flexibility index (Phi) is 4.21. The van der Waals surface area contributed by atoms with Gasteiger partial charge in [-0.25, -0.2) is 4.98 Å². The minimum absolute atomic E-state index is 0.00413. The van der Waals surface area contributed by atoms with Crippen molar-refractivity contribution >= 4 is 17.2 Å². The molecule has 0 bridgehead atoms. The monoisotopic (exact) mass is 304 g/mol. The minimum atomic E-state index is 0.00413. The molecule has 0 unspecified atom stereocenters. The van der Waals surface area contributed by atoms with Gasteiger partial charge in [0.25, 0.3) is 0 Å². The smallest absolute Gasteiger partial charge is 0.228 e. The Morgan fingerprint density at radius 1 is 1.43 bits per heavy atom. The zero-order valence-corrected chi connectivity index (χ0v) is 12.3. The molecule has 2 heterocycles. The molecule has 1 amide bonds. The summed E-state index contributed by atoms with van der Waals surface area (Å²) in [5.41, 5.74) is 1.46. The van der Waals surface area contributed by atoms with Gasteiger partial charge < -0.3 is 10.0 Å². The van der Waals surface area contributed by atoms with E-state index in [0.717, 1.165) is 29.2 Å². The van der Waals surface area contributed by atoms with Gasteiger partial charge in [-0.2, -0.15) is 0 Å². The zero-order chi connectivity index (χ0) is 14.7. The summed E-state index contributed by atoms with van der Waals surface area (Å²) >= 11 is 1.46. The van der Waals surface area contributed by atoms with Crippen LogP contribution in [0.3, 0.4) is 0 Å². The normalized spacial score (nSPS) is 14.1. The van der Waals surface area contributed by atoms with Gasteiger partial charge in [-0.1, -0.05) is 0 Å². The van der Waals surface area contributed by atoms with Crippen LogP contribution in [0.4, 0.5) is 0 Å². The van der Waals surface area contributed by atoms with Crippen molar-refractivity contribution in [2.75, 3.05) is 13.2 Å². The van der Waals surface area contributed by atoms with Gasteiger partial charge in [0.05, 0.1) is 24.9 Å². The molecule has 1 N–H and O–H groups in total. The van der Waals surface area contributed by atoms with Crippen LogP contribution in [0.5, 0.6) is 0 Å². The number of rotatable bonds is 6. The van der Waals surface area contributed by atoms with Gasteiger partial charge in [0.2, 0.25) is 5.91 Å². The highest BCUT2D eigenvalue weighted by molar-refractivity contribution is 7.13. The van der Waals surface area contributed by atoms with E-state index in [0.29, 0.717) is 12.6 Å². The summed E-state index contributed by atoms with van der Waals surface area (Å²) in [5, 5.41) is 11.7. The van der Waals surface area contributed by atoms with Crippen LogP contribution in [-0.4, -0.2) is 50.1 Å². The fourth-order valence-electron chi connectivity index (χ4n) is 2.18. The van der Waals surface area contributed by atoms with Gasteiger partial charge >= 0.3 is 0 Å². The summed E-state index contributed by atoms with van der Waals surface area (Å²) in [6.07, 6.45) is 7.24. The van der Waals surface area contributed by atoms with E-state index in [1.807, 2.05) is 5.38 Å². The van der Waals surface area contributed by atoms with E-state index >= 15 is 0 Å². The standard InChI is InChI=1S/C14H16N4O2S/c19-6-5-18(11-1-2-11)13(20)7-10-9-21-14(17-10)12-8-15-3-4-16-12/h3-4,8-9,11,19H,1-2,5-7H2. The Hall–Kier alpha value is -1.86. The van der Waals surface area contributed by atoms with Gasteiger partial charge in [-0.3, -0.25) is 14.8 Å². The summed E-state index contributed by atoms with van der Waals surface area (Å²) in [7, 11) is 0. The van der Waals surface area contributed by atoms with E-state index in [2.05, 4.69) is 15.0 Å². The maximum atomic E-state index is 12.3. The molecule has 0 atom stereocenters. The number of amides is 1. The molecule has 0 radical (unpaired) electrons. The number of carbonyl (C=O) groups excluding carboxylic acids is 1. The number of carbonyl (C=O) groups is 1. The van der Waals surface area contributed by atoms with Crippen molar-refractivity contribution in [3.05, 3.63) is 29.7 Å². The van der Waals surface area contributed by atoms with Crippen LogP contribution in [0.25, 0.3) is 10.7 Å². The largest absolute Gasteiger partial charge is 0.395 e. The topological polar surface area (TPSA) is 79.2 Å². The lowest BCUT2D eigenvalue weighted by Gasteiger charge is -2.20. The molecular formula is C14H16N4O2S. The van der Waals surface area contributed by atoms with Gasteiger partial charge in [0, 0.05) is 30.4 Å². The lowest BCUT2D eigenvalue weighted by atomic mass is 10.3. The van der Waals surface area contributed by atoms with Crippen molar-refractivity contribution in [2.24, 2.45) is 0 Å². The van der Waals surface area contributed by atoms with Gasteiger partial charge in [0.1, 0.15) is 10.7 Å². The average molecular weight is 304 g/mol. The highest BCUT2D eigenvalue weighted by atomic mass is 32.1. The quantitative estimate of drug-likeness (QED) is 0.865. The van der Waals surface area contributed by atoms with E-state index in [4.69, 9.17) is 5.11 Å². The number of aliphatic hydroxyl groups excluding tert-OH is 1. The molecule has 2 aromatic heterocycles. The molecule has 1 aliphatic rings. The maximum absolute atomic E-state index is 12.3. The van der Waals surface area contributed by atoms with Gasteiger partial charge in [-0.05, 0) is 12.8 Å². The Morgan fingerprint density at radius 2 is 2.29 bits per heavy atom. The number of hydrogen-bond acceptors (Lipinski definition) is 6. The Balaban J connectivity index is 1.68. The van der Waals surface area contributed by atoms with Crippen molar-refractivity contribution in [1.82, 2.24) is 19.9 Å². The van der Waals surface area contributed by atoms with E-state index in [9.17, 15) is 4.79 Å². The molecule has 0 aliphatic heterocycles. The Morgan fingerprint density at radius 3 is 2.95 bits per heavy atom. The Labute approximate surface area is 126 Å². The zero-order valence-electron chi connectivity index (χ0n) is 11.5. The summed E-state index contributed by atoms with van der Waals surface area (Å²) in [4.78, 5) is 26.7. The molecule has 0 aromatic carbocycles. The van der Waals surface area contributed by atoms with Crippen LogP contribution in [-0.2, 0) is 11.2 Å². The highest BCUT2D eigenvalue weighted by Gasteiger charge is 2.32. The molecule has 6 nitrogen and oxygen atoms in total. The maximum Gasteiger partial charge on any atom is 0.228 e.